The first-order valence-electron chi connectivity index (χ1n) is 5.92. The van der Waals surface area contributed by atoms with Crippen LogP contribution < -0.4 is 10.6 Å². The first-order valence-corrected chi connectivity index (χ1v) is 6.30. The van der Waals surface area contributed by atoms with Crippen molar-refractivity contribution in [1.29, 1.82) is 0 Å². The third kappa shape index (κ3) is 5.04. The molecule has 18 heavy (non-hydrogen) atoms. The Labute approximate surface area is 112 Å². The van der Waals surface area contributed by atoms with Gasteiger partial charge >= 0.3 is 0 Å². The number of hydrogen-bond donors (Lipinski definition) is 3. The van der Waals surface area contributed by atoms with Crippen LogP contribution >= 0.6 is 11.6 Å². The number of aliphatic hydroxyl groups is 1. The normalized spacial score (nSPS) is 14.0. The van der Waals surface area contributed by atoms with Crippen molar-refractivity contribution in [3.63, 3.8) is 0 Å². The van der Waals surface area contributed by atoms with E-state index in [2.05, 4.69) is 10.6 Å². The minimum absolute atomic E-state index is 0.0889. The highest BCUT2D eigenvalue weighted by molar-refractivity contribution is 6.30. The number of amides is 1. The Kier molecular flexibility index (Phi) is 6.12. The van der Waals surface area contributed by atoms with Crippen LogP contribution in [0.15, 0.2) is 24.3 Å². The number of carbonyl (C=O) groups is 1. The molecule has 1 aromatic carbocycles. The molecule has 3 N–H and O–H groups in total. The van der Waals surface area contributed by atoms with Gasteiger partial charge in [-0.15, -0.1) is 0 Å². The minimum atomic E-state index is -0.116. The van der Waals surface area contributed by atoms with Gasteiger partial charge in [-0.1, -0.05) is 18.5 Å². The van der Waals surface area contributed by atoms with E-state index in [9.17, 15) is 4.79 Å². The van der Waals surface area contributed by atoms with Crippen molar-refractivity contribution >= 4 is 23.2 Å². The maximum atomic E-state index is 11.6. The molecule has 2 unspecified atom stereocenters. The summed E-state index contributed by atoms with van der Waals surface area (Å²) in [7, 11) is 0. The van der Waals surface area contributed by atoms with Gasteiger partial charge in [0.15, 0.2) is 0 Å². The molecular formula is C13H19ClN2O2. The van der Waals surface area contributed by atoms with Crippen LogP contribution in [0.2, 0.25) is 5.02 Å². The monoisotopic (exact) mass is 270 g/mol. The lowest BCUT2D eigenvalue weighted by Gasteiger charge is -2.18. The predicted molar refractivity (Wildman–Crippen MR) is 73.8 cm³/mol. The first kappa shape index (κ1) is 15.0. The van der Waals surface area contributed by atoms with Gasteiger partial charge < -0.3 is 15.7 Å². The summed E-state index contributed by atoms with van der Waals surface area (Å²) in [6, 6.07) is 7.04. The van der Waals surface area contributed by atoms with Gasteiger partial charge in [-0.3, -0.25) is 4.79 Å². The molecule has 1 amide bonds. The summed E-state index contributed by atoms with van der Waals surface area (Å²) in [5, 5.41) is 15.4. The minimum Gasteiger partial charge on any atom is -0.396 e. The number of nitrogens with one attached hydrogen (secondary N) is 2. The van der Waals surface area contributed by atoms with E-state index in [1.807, 2.05) is 13.8 Å². The fraction of sp³-hybridized carbons (Fsp3) is 0.462. The highest BCUT2D eigenvalue weighted by atomic mass is 35.5. The topological polar surface area (TPSA) is 61.4 Å². The van der Waals surface area contributed by atoms with Gasteiger partial charge in [-0.25, -0.2) is 0 Å². The van der Waals surface area contributed by atoms with Gasteiger partial charge in [0.1, 0.15) is 0 Å². The lowest BCUT2D eigenvalue weighted by Crippen LogP contribution is -2.39. The van der Waals surface area contributed by atoms with E-state index in [0.29, 0.717) is 10.7 Å². The summed E-state index contributed by atoms with van der Waals surface area (Å²) in [5.74, 6) is 0.00245. The summed E-state index contributed by atoms with van der Waals surface area (Å²) in [4.78, 5) is 11.6. The van der Waals surface area contributed by atoms with Crippen molar-refractivity contribution < 1.29 is 9.90 Å². The van der Waals surface area contributed by atoms with Crippen LogP contribution in [0.3, 0.4) is 0 Å². The maximum Gasteiger partial charge on any atom is 0.238 e. The molecule has 0 spiro atoms. The van der Waals surface area contributed by atoms with Crippen LogP contribution in [0, 0.1) is 5.92 Å². The summed E-state index contributed by atoms with van der Waals surface area (Å²) in [5.41, 5.74) is 0.717. The summed E-state index contributed by atoms with van der Waals surface area (Å²) in [6.45, 7) is 4.19. The highest BCUT2D eigenvalue weighted by Crippen LogP contribution is 2.13. The highest BCUT2D eigenvalue weighted by Gasteiger charge is 2.11. The van der Waals surface area contributed by atoms with Crippen molar-refractivity contribution in [2.45, 2.75) is 19.9 Å². The average Bonchev–Trinajstić information content (AvgIpc) is 2.37. The van der Waals surface area contributed by atoms with Crippen LogP contribution in [0.1, 0.15) is 13.8 Å². The van der Waals surface area contributed by atoms with E-state index < -0.39 is 0 Å². The fourth-order valence-electron chi connectivity index (χ4n) is 1.35. The van der Waals surface area contributed by atoms with Crippen LogP contribution in [-0.2, 0) is 4.79 Å². The number of halogens is 1. The first-order chi connectivity index (χ1) is 8.52. The van der Waals surface area contributed by atoms with Gasteiger partial charge in [-0.2, -0.15) is 0 Å². The van der Waals surface area contributed by atoms with E-state index in [4.69, 9.17) is 16.7 Å². The molecule has 0 saturated heterocycles. The maximum absolute atomic E-state index is 11.6. The molecule has 0 aliphatic rings. The Bertz CT molecular complexity index is 381. The molecular weight excluding hydrogens is 252 g/mol. The smallest absolute Gasteiger partial charge is 0.238 e. The van der Waals surface area contributed by atoms with Gasteiger partial charge in [-0.05, 0) is 37.1 Å². The predicted octanol–water partition coefficient (Wildman–Crippen LogP) is 1.88. The second-order valence-corrected chi connectivity index (χ2v) is 4.82. The molecule has 0 fully saturated rings. The van der Waals surface area contributed by atoms with Crippen LogP contribution in [0.4, 0.5) is 5.69 Å². The Morgan fingerprint density at radius 3 is 2.50 bits per heavy atom. The molecule has 0 bridgehead atoms. The van der Waals surface area contributed by atoms with Crippen LogP contribution in [0.25, 0.3) is 0 Å². The second kappa shape index (κ2) is 7.36. The van der Waals surface area contributed by atoms with Crippen LogP contribution in [-0.4, -0.2) is 30.2 Å². The molecule has 1 aromatic rings. The van der Waals surface area contributed by atoms with Crippen molar-refractivity contribution in [1.82, 2.24) is 5.32 Å². The van der Waals surface area contributed by atoms with E-state index in [0.717, 1.165) is 0 Å². The molecule has 0 heterocycles. The number of carbonyl (C=O) groups excluding carboxylic acids is 1. The van der Waals surface area contributed by atoms with Crippen molar-refractivity contribution in [2.24, 2.45) is 5.92 Å². The molecule has 0 aliphatic heterocycles. The zero-order valence-corrected chi connectivity index (χ0v) is 11.4. The molecule has 0 radical (unpaired) electrons. The molecule has 100 valence electrons. The number of aliphatic hydroxyl groups excluding tert-OH is 1. The Morgan fingerprint density at radius 1 is 1.33 bits per heavy atom. The lowest BCUT2D eigenvalue weighted by atomic mass is 10.1. The number of rotatable bonds is 6. The summed E-state index contributed by atoms with van der Waals surface area (Å²) >= 11 is 5.75. The molecule has 2 atom stereocenters. The van der Waals surface area contributed by atoms with Crippen molar-refractivity contribution in [3.8, 4) is 0 Å². The fourth-order valence-corrected chi connectivity index (χ4v) is 1.48. The van der Waals surface area contributed by atoms with Gasteiger partial charge in [0, 0.05) is 23.4 Å². The Morgan fingerprint density at radius 2 is 1.94 bits per heavy atom. The van der Waals surface area contributed by atoms with Gasteiger partial charge in [0.05, 0.1) is 6.54 Å². The zero-order chi connectivity index (χ0) is 13.5. The van der Waals surface area contributed by atoms with Crippen LogP contribution in [0.5, 0.6) is 0 Å². The average molecular weight is 271 g/mol. The molecule has 0 aromatic heterocycles. The van der Waals surface area contributed by atoms with E-state index in [1.54, 1.807) is 24.3 Å². The molecule has 0 aliphatic carbocycles. The molecule has 5 heteroatoms. The van der Waals surface area contributed by atoms with E-state index in [1.165, 1.54) is 0 Å². The standard InChI is InChI=1S/C13H19ClN2O2/c1-9(8-17)10(2)15-7-13(18)16-12-5-3-11(14)4-6-12/h3-6,9-10,15,17H,7-8H2,1-2H3,(H,16,18). The lowest BCUT2D eigenvalue weighted by molar-refractivity contribution is -0.115. The van der Waals surface area contributed by atoms with E-state index in [-0.39, 0.29) is 31.0 Å². The van der Waals surface area contributed by atoms with Gasteiger partial charge in [0.25, 0.3) is 0 Å². The third-order valence-corrected chi connectivity index (χ3v) is 3.11. The Balaban J connectivity index is 2.36. The molecule has 1 rings (SSSR count). The summed E-state index contributed by atoms with van der Waals surface area (Å²) < 4.78 is 0. The van der Waals surface area contributed by atoms with Crippen molar-refractivity contribution in [3.05, 3.63) is 29.3 Å². The van der Waals surface area contributed by atoms with Gasteiger partial charge in [0.2, 0.25) is 5.91 Å². The molecule has 0 saturated carbocycles. The third-order valence-electron chi connectivity index (χ3n) is 2.85. The number of anilines is 1. The zero-order valence-electron chi connectivity index (χ0n) is 10.6. The summed E-state index contributed by atoms with van der Waals surface area (Å²) in [6.07, 6.45) is 0. The quantitative estimate of drug-likeness (QED) is 0.740. The van der Waals surface area contributed by atoms with Crippen molar-refractivity contribution in [2.75, 3.05) is 18.5 Å². The largest absolute Gasteiger partial charge is 0.396 e. The number of hydrogen-bond acceptors (Lipinski definition) is 3. The van der Waals surface area contributed by atoms with E-state index >= 15 is 0 Å². The Hall–Kier alpha value is -1.10. The molecule has 4 nitrogen and oxygen atoms in total. The second-order valence-electron chi connectivity index (χ2n) is 4.38. The SMILES string of the molecule is CC(CO)C(C)NCC(=O)Nc1ccc(Cl)cc1. The number of benzene rings is 1.